The second kappa shape index (κ2) is 6.70. The molecule has 0 aliphatic heterocycles. The summed E-state index contributed by atoms with van der Waals surface area (Å²) in [6, 6.07) is 5.29. The standard InChI is InChI=1S/C12H13F5O2/c13-11(14)19-9-4-1-3-8(7-9)10(18)5-2-6-12(15,16)17/h1,3-4,7,10-11,18H,2,5-6H2. The summed E-state index contributed by atoms with van der Waals surface area (Å²) in [6.07, 6.45) is -6.72. The summed E-state index contributed by atoms with van der Waals surface area (Å²) >= 11 is 0. The highest BCUT2D eigenvalue weighted by Crippen LogP contribution is 2.27. The molecule has 0 bridgehead atoms. The maximum absolute atomic E-state index is 12.0. The molecule has 1 unspecified atom stereocenters. The number of alkyl halides is 5. The van der Waals surface area contributed by atoms with Gasteiger partial charge in [0.05, 0.1) is 6.10 Å². The highest BCUT2D eigenvalue weighted by atomic mass is 19.4. The van der Waals surface area contributed by atoms with Gasteiger partial charge in [-0.25, -0.2) is 0 Å². The van der Waals surface area contributed by atoms with Gasteiger partial charge in [-0.1, -0.05) is 12.1 Å². The van der Waals surface area contributed by atoms with Gasteiger partial charge >= 0.3 is 12.8 Å². The molecule has 7 heteroatoms. The van der Waals surface area contributed by atoms with E-state index < -0.39 is 25.3 Å². The van der Waals surface area contributed by atoms with Crippen LogP contribution in [0.5, 0.6) is 5.75 Å². The van der Waals surface area contributed by atoms with Crippen LogP contribution in [-0.2, 0) is 0 Å². The molecule has 1 rings (SSSR count). The van der Waals surface area contributed by atoms with Gasteiger partial charge < -0.3 is 9.84 Å². The molecule has 0 saturated heterocycles. The van der Waals surface area contributed by atoms with Crippen molar-refractivity contribution < 1.29 is 31.8 Å². The zero-order valence-electron chi connectivity index (χ0n) is 9.83. The molecule has 0 aliphatic rings. The van der Waals surface area contributed by atoms with Crippen molar-refractivity contribution in [2.24, 2.45) is 0 Å². The van der Waals surface area contributed by atoms with Gasteiger partial charge in [0, 0.05) is 6.42 Å². The largest absolute Gasteiger partial charge is 0.435 e. The minimum atomic E-state index is -4.26. The lowest BCUT2D eigenvalue weighted by Crippen LogP contribution is -2.08. The molecule has 1 aromatic rings. The number of hydrogen-bond acceptors (Lipinski definition) is 2. The van der Waals surface area contributed by atoms with Crippen molar-refractivity contribution in [1.82, 2.24) is 0 Å². The van der Waals surface area contributed by atoms with Crippen molar-refractivity contribution in [3.05, 3.63) is 29.8 Å². The van der Waals surface area contributed by atoms with E-state index in [2.05, 4.69) is 4.74 Å². The Hall–Kier alpha value is -1.37. The van der Waals surface area contributed by atoms with Crippen LogP contribution in [0.4, 0.5) is 22.0 Å². The Bertz CT molecular complexity index is 392. The second-order valence-corrected chi connectivity index (χ2v) is 3.97. The first-order valence-corrected chi connectivity index (χ1v) is 5.57. The molecule has 1 atom stereocenters. The van der Waals surface area contributed by atoms with Gasteiger partial charge in [-0.2, -0.15) is 22.0 Å². The molecule has 1 N–H and O–H groups in total. The molecule has 0 aliphatic carbocycles. The van der Waals surface area contributed by atoms with Gasteiger partial charge in [0.15, 0.2) is 0 Å². The number of benzene rings is 1. The molecule has 2 nitrogen and oxygen atoms in total. The quantitative estimate of drug-likeness (QED) is 0.798. The number of aliphatic hydroxyl groups excluding tert-OH is 1. The van der Waals surface area contributed by atoms with Crippen molar-refractivity contribution in [3.8, 4) is 5.75 Å². The van der Waals surface area contributed by atoms with Gasteiger partial charge in [-0.05, 0) is 30.5 Å². The summed E-state index contributed by atoms with van der Waals surface area (Å²) in [6.45, 7) is -2.99. The molecule has 1 aromatic carbocycles. The van der Waals surface area contributed by atoms with Gasteiger partial charge in [-0.3, -0.25) is 0 Å². The lowest BCUT2D eigenvalue weighted by molar-refractivity contribution is -0.136. The molecule has 0 fully saturated rings. The first-order chi connectivity index (χ1) is 8.78. The van der Waals surface area contributed by atoms with Crippen LogP contribution in [0.25, 0.3) is 0 Å². The zero-order valence-corrected chi connectivity index (χ0v) is 9.83. The van der Waals surface area contributed by atoms with Crippen molar-refractivity contribution in [2.75, 3.05) is 0 Å². The third-order valence-corrected chi connectivity index (χ3v) is 2.41. The monoisotopic (exact) mass is 284 g/mol. The van der Waals surface area contributed by atoms with E-state index in [-0.39, 0.29) is 24.2 Å². The van der Waals surface area contributed by atoms with Crippen LogP contribution >= 0.6 is 0 Å². The Morgan fingerprint density at radius 3 is 2.47 bits per heavy atom. The third-order valence-electron chi connectivity index (χ3n) is 2.41. The van der Waals surface area contributed by atoms with Crippen LogP contribution < -0.4 is 4.74 Å². The van der Waals surface area contributed by atoms with E-state index in [1.807, 2.05) is 0 Å². The average molecular weight is 284 g/mol. The molecule has 0 saturated carbocycles. The van der Waals surface area contributed by atoms with E-state index >= 15 is 0 Å². The first-order valence-electron chi connectivity index (χ1n) is 5.57. The van der Waals surface area contributed by atoms with E-state index in [1.165, 1.54) is 24.3 Å². The van der Waals surface area contributed by atoms with E-state index in [0.717, 1.165) is 0 Å². The van der Waals surface area contributed by atoms with E-state index in [4.69, 9.17) is 0 Å². The van der Waals surface area contributed by atoms with Gasteiger partial charge in [-0.15, -0.1) is 0 Å². The van der Waals surface area contributed by atoms with Crippen molar-refractivity contribution in [3.63, 3.8) is 0 Å². The summed E-state index contributed by atoms with van der Waals surface area (Å²) < 4.78 is 63.9. The SMILES string of the molecule is OC(CCCC(F)(F)F)c1cccc(OC(F)F)c1. The fraction of sp³-hybridized carbons (Fsp3) is 0.500. The number of halogens is 5. The zero-order chi connectivity index (χ0) is 14.5. The van der Waals surface area contributed by atoms with Crippen molar-refractivity contribution in [2.45, 2.75) is 38.2 Å². The molecular weight excluding hydrogens is 271 g/mol. The number of rotatable bonds is 6. The lowest BCUT2D eigenvalue weighted by Gasteiger charge is -2.13. The number of hydrogen-bond donors (Lipinski definition) is 1. The van der Waals surface area contributed by atoms with E-state index in [0.29, 0.717) is 0 Å². The van der Waals surface area contributed by atoms with Gasteiger partial charge in [0.25, 0.3) is 0 Å². The van der Waals surface area contributed by atoms with Crippen LogP contribution in [0.1, 0.15) is 30.9 Å². The Morgan fingerprint density at radius 2 is 1.89 bits per heavy atom. The molecule has 0 radical (unpaired) electrons. The Kier molecular flexibility index (Phi) is 5.53. The molecule has 0 aromatic heterocycles. The van der Waals surface area contributed by atoms with Crippen molar-refractivity contribution >= 4 is 0 Å². The Balaban J connectivity index is 2.54. The van der Waals surface area contributed by atoms with Crippen LogP contribution in [-0.4, -0.2) is 17.9 Å². The molecule has 0 amide bonds. The minimum Gasteiger partial charge on any atom is -0.435 e. The van der Waals surface area contributed by atoms with Gasteiger partial charge in [0.1, 0.15) is 5.75 Å². The van der Waals surface area contributed by atoms with E-state index in [9.17, 15) is 27.1 Å². The molecule has 108 valence electrons. The molecule has 19 heavy (non-hydrogen) atoms. The summed E-state index contributed by atoms with van der Waals surface area (Å²) in [5.74, 6) is -0.137. The smallest absolute Gasteiger partial charge is 0.389 e. The van der Waals surface area contributed by atoms with Crippen LogP contribution in [0, 0.1) is 0 Å². The topological polar surface area (TPSA) is 29.5 Å². The van der Waals surface area contributed by atoms with Crippen molar-refractivity contribution in [1.29, 1.82) is 0 Å². The highest BCUT2D eigenvalue weighted by molar-refractivity contribution is 5.29. The first kappa shape index (κ1) is 15.7. The lowest BCUT2D eigenvalue weighted by atomic mass is 10.0. The van der Waals surface area contributed by atoms with E-state index in [1.54, 1.807) is 0 Å². The summed E-state index contributed by atoms with van der Waals surface area (Å²) in [5, 5.41) is 9.67. The fourth-order valence-corrected chi connectivity index (χ4v) is 1.56. The molecule has 0 heterocycles. The van der Waals surface area contributed by atoms with Gasteiger partial charge in [0.2, 0.25) is 0 Å². The summed E-state index contributed by atoms with van der Waals surface area (Å²) in [4.78, 5) is 0. The predicted molar refractivity (Wildman–Crippen MR) is 57.9 cm³/mol. The highest BCUT2D eigenvalue weighted by Gasteiger charge is 2.26. The maximum atomic E-state index is 12.0. The molecule has 0 spiro atoms. The number of aliphatic hydroxyl groups is 1. The second-order valence-electron chi connectivity index (χ2n) is 3.97. The fourth-order valence-electron chi connectivity index (χ4n) is 1.56. The molecular formula is C12H13F5O2. The number of ether oxygens (including phenoxy) is 1. The third kappa shape index (κ3) is 6.37. The normalized spacial score (nSPS) is 13.6. The summed E-state index contributed by atoms with van der Waals surface area (Å²) in [7, 11) is 0. The predicted octanol–water partition coefficient (Wildman–Crippen LogP) is 4.05. The summed E-state index contributed by atoms with van der Waals surface area (Å²) in [5.41, 5.74) is 0.250. The van der Waals surface area contributed by atoms with Crippen LogP contribution in [0.15, 0.2) is 24.3 Å². The van der Waals surface area contributed by atoms with Crippen LogP contribution in [0.3, 0.4) is 0 Å². The maximum Gasteiger partial charge on any atom is 0.389 e. The average Bonchev–Trinajstić information content (AvgIpc) is 2.26. The Labute approximate surface area is 106 Å². The minimum absolute atomic E-state index is 0.0996. The van der Waals surface area contributed by atoms with Crippen LogP contribution in [0.2, 0.25) is 0 Å². The Morgan fingerprint density at radius 1 is 1.21 bits per heavy atom.